The van der Waals surface area contributed by atoms with Crippen LogP contribution in [0.3, 0.4) is 0 Å². The summed E-state index contributed by atoms with van der Waals surface area (Å²) in [5.41, 5.74) is 1.71. The highest BCUT2D eigenvalue weighted by atomic mass is 16.1. The SMILES string of the molecule is CCC(C)Nc1ccccc1C(C)=O. The lowest BCUT2D eigenvalue weighted by Crippen LogP contribution is -2.15. The molecule has 0 radical (unpaired) electrons. The lowest BCUT2D eigenvalue weighted by molar-refractivity contribution is 0.101. The third-order valence-corrected chi connectivity index (χ3v) is 2.32. The van der Waals surface area contributed by atoms with Crippen LogP contribution in [0.25, 0.3) is 0 Å². The fraction of sp³-hybridized carbons (Fsp3) is 0.417. The molecule has 76 valence electrons. The number of para-hydroxylation sites is 1. The van der Waals surface area contributed by atoms with E-state index in [0.717, 1.165) is 17.7 Å². The van der Waals surface area contributed by atoms with E-state index in [2.05, 4.69) is 19.2 Å². The Hall–Kier alpha value is -1.31. The second-order valence-corrected chi connectivity index (χ2v) is 3.56. The molecule has 0 aliphatic carbocycles. The zero-order valence-electron chi connectivity index (χ0n) is 9.00. The predicted octanol–water partition coefficient (Wildman–Crippen LogP) is 3.10. The summed E-state index contributed by atoms with van der Waals surface area (Å²) in [6, 6.07) is 8.03. The van der Waals surface area contributed by atoms with Gasteiger partial charge in [-0.2, -0.15) is 0 Å². The van der Waals surface area contributed by atoms with Crippen LogP contribution in [0.5, 0.6) is 0 Å². The molecule has 0 spiro atoms. The Balaban J connectivity index is 2.90. The summed E-state index contributed by atoms with van der Waals surface area (Å²) in [5, 5.41) is 3.32. The number of benzene rings is 1. The van der Waals surface area contributed by atoms with E-state index in [4.69, 9.17) is 0 Å². The van der Waals surface area contributed by atoms with Crippen LogP contribution in [0.2, 0.25) is 0 Å². The minimum Gasteiger partial charge on any atom is -0.382 e. The maximum atomic E-state index is 11.3. The Labute approximate surface area is 85.3 Å². The lowest BCUT2D eigenvalue weighted by Gasteiger charge is -2.15. The van der Waals surface area contributed by atoms with Crippen LogP contribution in [-0.4, -0.2) is 11.8 Å². The lowest BCUT2D eigenvalue weighted by atomic mass is 10.1. The van der Waals surface area contributed by atoms with Gasteiger partial charge in [0, 0.05) is 17.3 Å². The van der Waals surface area contributed by atoms with E-state index in [9.17, 15) is 4.79 Å². The largest absolute Gasteiger partial charge is 0.382 e. The first-order valence-corrected chi connectivity index (χ1v) is 5.01. The van der Waals surface area contributed by atoms with E-state index in [0.29, 0.717) is 6.04 Å². The first-order valence-electron chi connectivity index (χ1n) is 5.01. The molecular formula is C12H17NO. The molecule has 0 amide bonds. The van der Waals surface area contributed by atoms with Crippen molar-refractivity contribution < 1.29 is 4.79 Å². The molecule has 0 saturated carbocycles. The minimum absolute atomic E-state index is 0.108. The van der Waals surface area contributed by atoms with Gasteiger partial charge in [0.2, 0.25) is 0 Å². The summed E-state index contributed by atoms with van der Waals surface area (Å²) in [5.74, 6) is 0.108. The fourth-order valence-corrected chi connectivity index (χ4v) is 1.28. The van der Waals surface area contributed by atoms with Crippen LogP contribution in [0.1, 0.15) is 37.6 Å². The highest BCUT2D eigenvalue weighted by molar-refractivity contribution is 5.99. The van der Waals surface area contributed by atoms with Gasteiger partial charge in [-0.1, -0.05) is 19.1 Å². The third-order valence-electron chi connectivity index (χ3n) is 2.32. The van der Waals surface area contributed by atoms with Gasteiger partial charge in [0.15, 0.2) is 5.78 Å². The number of carbonyl (C=O) groups excluding carboxylic acids is 1. The summed E-state index contributed by atoms with van der Waals surface area (Å²) >= 11 is 0. The van der Waals surface area contributed by atoms with Gasteiger partial charge in [0.1, 0.15) is 0 Å². The van der Waals surface area contributed by atoms with Crippen molar-refractivity contribution in [2.75, 3.05) is 5.32 Å². The molecule has 1 aromatic carbocycles. The van der Waals surface area contributed by atoms with Gasteiger partial charge in [-0.05, 0) is 32.4 Å². The van der Waals surface area contributed by atoms with Crippen LogP contribution < -0.4 is 5.32 Å². The summed E-state index contributed by atoms with van der Waals surface area (Å²) in [6.45, 7) is 5.82. The van der Waals surface area contributed by atoms with Gasteiger partial charge >= 0.3 is 0 Å². The summed E-state index contributed by atoms with van der Waals surface area (Å²) in [6.07, 6.45) is 1.05. The standard InChI is InChI=1S/C12H17NO/c1-4-9(2)13-12-8-6-5-7-11(12)10(3)14/h5-9,13H,4H2,1-3H3. The first kappa shape index (κ1) is 10.8. The third kappa shape index (κ3) is 2.59. The molecule has 2 heteroatoms. The molecule has 0 saturated heterocycles. The van der Waals surface area contributed by atoms with E-state index < -0.39 is 0 Å². The zero-order chi connectivity index (χ0) is 10.6. The van der Waals surface area contributed by atoms with Crippen LogP contribution in [0.4, 0.5) is 5.69 Å². The molecule has 0 heterocycles. The molecule has 0 bridgehead atoms. The average molecular weight is 191 g/mol. The maximum absolute atomic E-state index is 11.3. The molecule has 0 aliphatic heterocycles. The number of nitrogens with one attached hydrogen (secondary N) is 1. The highest BCUT2D eigenvalue weighted by Gasteiger charge is 2.07. The Morgan fingerprint density at radius 1 is 1.43 bits per heavy atom. The van der Waals surface area contributed by atoms with Crippen LogP contribution in [-0.2, 0) is 0 Å². The zero-order valence-corrected chi connectivity index (χ0v) is 9.00. The Kier molecular flexibility index (Phi) is 3.69. The van der Waals surface area contributed by atoms with Crippen molar-refractivity contribution in [2.24, 2.45) is 0 Å². The Morgan fingerprint density at radius 3 is 2.64 bits per heavy atom. The molecule has 2 nitrogen and oxygen atoms in total. The number of anilines is 1. The molecule has 0 aromatic heterocycles. The van der Waals surface area contributed by atoms with Crippen LogP contribution >= 0.6 is 0 Å². The fourth-order valence-electron chi connectivity index (χ4n) is 1.28. The minimum atomic E-state index is 0.108. The number of ketones is 1. The summed E-state index contributed by atoms with van der Waals surface area (Å²) in [7, 11) is 0. The van der Waals surface area contributed by atoms with Crippen molar-refractivity contribution in [1.82, 2.24) is 0 Å². The number of hydrogen-bond donors (Lipinski definition) is 1. The van der Waals surface area contributed by atoms with Crippen molar-refractivity contribution in [1.29, 1.82) is 0 Å². The number of rotatable bonds is 4. The maximum Gasteiger partial charge on any atom is 0.161 e. The predicted molar refractivity (Wildman–Crippen MR) is 59.8 cm³/mol. The average Bonchev–Trinajstić information content (AvgIpc) is 2.18. The van der Waals surface area contributed by atoms with E-state index in [-0.39, 0.29) is 5.78 Å². The summed E-state index contributed by atoms with van der Waals surface area (Å²) in [4.78, 5) is 11.3. The Bertz CT molecular complexity index is 320. The smallest absolute Gasteiger partial charge is 0.161 e. The quantitative estimate of drug-likeness (QED) is 0.741. The van der Waals surface area contributed by atoms with Gasteiger partial charge in [-0.3, -0.25) is 4.79 Å². The molecule has 1 N–H and O–H groups in total. The van der Waals surface area contributed by atoms with Crippen molar-refractivity contribution in [3.8, 4) is 0 Å². The molecular weight excluding hydrogens is 174 g/mol. The van der Waals surface area contributed by atoms with E-state index in [1.165, 1.54) is 0 Å². The first-order chi connectivity index (χ1) is 6.65. The van der Waals surface area contributed by atoms with Crippen molar-refractivity contribution in [2.45, 2.75) is 33.2 Å². The normalized spacial score (nSPS) is 12.2. The van der Waals surface area contributed by atoms with Gasteiger partial charge in [0.25, 0.3) is 0 Å². The topological polar surface area (TPSA) is 29.1 Å². The van der Waals surface area contributed by atoms with E-state index in [1.807, 2.05) is 24.3 Å². The van der Waals surface area contributed by atoms with Gasteiger partial charge in [-0.25, -0.2) is 0 Å². The highest BCUT2D eigenvalue weighted by Crippen LogP contribution is 2.16. The number of carbonyl (C=O) groups is 1. The van der Waals surface area contributed by atoms with Crippen LogP contribution in [0, 0.1) is 0 Å². The van der Waals surface area contributed by atoms with Crippen molar-refractivity contribution in [3.05, 3.63) is 29.8 Å². The molecule has 0 fully saturated rings. The second-order valence-electron chi connectivity index (χ2n) is 3.56. The van der Waals surface area contributed by atoms with Crippen molar-refractivity contribution >= 4 is 11.5 Å². The molecule has 0 aliphatic rings. The van der Waals surface area contributed by atoms with Crippen molar-refractivity contribution in [3.63, 3.8) is 0 Å². The van der Waals surface area contributed by atoms with Gasteiger partial charge in [0.05, 0.1) is 0 Å². The second kappa shape index (κ2) is 4.80. The van der Waals surface area contributed by atoms with Gasteiger partial charge < -0.3 is 5.32 Å². The number of hydrogen-bond acceptors (Lipinski definition) is 2. The molecule has 1 unspecified atom stereocenters. The monoisotopic (exact) mass is 191 g/mol. The van der Waals surface area contributed by atoms with E-state index >= 15 is 0 Å². The molecule has 1 aromatic rings. The number of Topliss-reactive ketones (excluding diaryl/α,β-unsaturated/α-hetero) is 1. The summed E-state index contributed by atoms with van der Waals surface area (Å²) < 4.78 is 0. The molecule has 1 atom stereocenters. The van der Waals surface area contributed by atoms with Gasteiger partial charge in [-0.15, -0.1) is 0 Å². The van der Waals surface area contributed by atoms with Crippen LogP contribution in [0.15, 0.2) is 24.3 Å². The molecule has 1 rings (SSSR count). The van der Waals surface area contributed by atoms with E-state index in [1.54, 1.807) is 6.92 Å². The Morgan fingerprint density at radius 2 is 2.07 bits per heavy atom. The molecule has 14 heavy (non-hydrogen) atoms.